The Morgan fingerprint density at radius 2 is 1.93 bits per heavy atom. The maximum absolute atomic E-state index is 12.8. The first-order valence-electron chi connectivity index (χ1n) is 9.17. The van der Waals surface area contributed by atoms with E-state index in [9.17, 15) is 14.4 Å². The van der Waals surface area contributed by atoms with Crippen LogP contribution in [-0.4, -0.2) is 83.7 Å². The van der Waals surface area contributed by atoms with E-state index in [0.29, 0.717) is 19.5 Å². The van der Waals surface area contributed by atoms with Crippen LogP contribution in [0.4, 0.5) is 10.6 Å². The highest BCUT2D eigenvalue weighted by Gasteiger charge is 2.34. The first-order valence-corrected chi connectivity index (χ1v) is 9.17. The standard InChI is InChI=1S/C17H23N7O3/c1-22-4-6-23(7-5-22)14-8-11-10-24(3-2-12(11)20-21-14)16(26)13-9-15(25)19-17(27)18-13/h8,13H,2-7,9-10H2,1H3,(H2,18,19,25,27)/t13-/m0/s1. The first-order chi connectivity index (χ1) is 13.0. The molecule has 3 aliphatic heterocycles. The summed E-state index contributed by atoms with van der Waals surface area (Å²) in [6.07, 6.45) is 0.582. The molecule has 1 aromatic rings. The van der Waals surface area contributed by atoms with Crippen molar-refractivity contribution in [3.05, 3.63) is 17.3 Å². The molecule has 2 fully saturated rings. The van der Waals surface area contributed by atoms with Gasteiger partial charge in [-0.05, 0) is 18.7 Å². The van der Waals surface area contributed by atoms with Crippen molar-refractivity contribution in [1.29, 1.82) is 0 Å². The van der Waals surface area contributed by atoms with Gasteiger partial charge >= 0.3 is 6.03 Å². The van der Waals surface area contributed by atoms with Crippen LogP contribution >= 0.6 is 0 Å². The molecule has 0 aliphatic carbocycles. The van der Waals surface area contributed by atoms with E-state index >= 15 is 0 Å². The minimum Gasteiger partial charge on any atom is -0.353 e. The van der Waals surface area contributed by atoms with Crippen LogP contribution in [0.15, 0.2) is 6.07 Å². The number of anilines is 1. The number of nitrogens with zero attached hydrogens (tertiary/aromatic N) is 5. The molecule has 1 aromatic heterocycles. The lowest BCUT2D eigenvalue weighted by Crippen LogP contribution is -2.58. The van der Waals surface area contributed by atoms with Crippen LogP contribution in [0.25, 0.3) is 0 Å². The fourth-order valence-electron chi connectivity index (χ4n) is 3.67. The molecule has 4 rings (SSSR count). The lowest BCUT2D eigenvalue weighted by Gasteiger charge is -2.35. The minimum atomic E-state index is -0.806. The van der Waals surface area contributed by atoms with E-state index in [1.54, 1.807) is 4.90 Å². The molecule has 0 spiro atoms. The van der Waals surface area contributed by atoms with Crippen LogP contribution in [0.2, 0.25) is 0 Å². The Balaban J connectivity index is 1.47. The molecule has 144 valence electrons. The molecule has 0 unspecified atom stereocenters. The van der Waals surface area contributed by atoms with Crippen molar-refractivity contribution in [2.45, 2.75) is 25.4 Å². The highest BCUT2D eigenvalue weighted by Crippen LogP contribution is 2.22. The Labute approximate surface area is 156 Å². The number of amides is 4. The van der Waals surface area contributed by atoms with Gasteiger partial charge in [-0.15, -0.1) is 5.10 Å². The number of rotatable bonds is 2. The van der Waals surface area contributed by atoms with Crippen molar-refractivity contribution in [2.24, 2.45) is 0 Å². The number of carbonyl (C=O) groups excluding carboxylic acids is 3. The third kappa shape index (κ3) is 3.70. The number of imide groups is 1. The fraction of sp³-hybridized carbons (Fsp3) is 0.588. The van der Waals surface area contributed by atoms with Crippen LogP contribution in [-0.2, 0) is 22.6 Å². The molecule has 3 aliphatic rings. The SMILES string of the molecule is CN1CCN(c2cc3c(nn2)CCN(C(=O)[C@@H]2CC(=O)NC(=O)N2)C3)CC1. The lowest BCUT2D eigenvalue weighted by molar-refractivity contribution is -0.137. The molecule has 4 heterocycles. The van der Waals surface area contributed by atoms with Crippen LogP contribution in [0.3, 0.4) is 0 Å². The van der Waals surface area contributed by atoms with Crippen LogP contribution in [0.1, 0.15) is 17.7 Å². The van der Waals surface area contributed by atoms with Gasteiger partial charge in [0.25, 0.3) is 0 Å². The zero-order valence-electron chi connectivity index (χ0n) is 15.3. The van der Waals surface area contributed by atoms with E-state index in [2.05, 4.69) is 37.7 Å². The summed E-state index contributed by atoms with van der Waals surface area (Å²) in [6, 6.07) is 0.587. The molecule has 10 heteroatoms. The maximum atomic E-state index is 12.8. The largest absolute Gasteiger partial charge is 0.353 e. The molecule has 0 radical (unpaired) electrons. The summed E-state index contributed by atoms with van der Waals surface area (Å²) in [5, 5.41) is 13.4. The summed E-state index contributed by atoms with van der Waals surface area (Å²) < 4.78 is 0. The van der Waals surface area contributed by atoms with E-state index < -0.39 is 18.0 Å². The summed E-state index contributed by atoms with van der Waals surface area (Å²) >= 11 is 0. The third-order valence-corrected chi connectivity index (χ3v) is 5.31. The molecular formula is C17H23N7O3. The third-order valence-electron chi connectivity index (χ3n) is 5.31. The summed E-state index contributed by atoms with van der Waals surface area (Å²) in [4.78, 5) is 41.9. The molecule has 2 saturated heterocycles. The average Bonchev–Trinajstić information content (AvgIpc) is 2.66. The normalized spacial score (nSPS) is 23.5. The van der Waals surface area contributed by atoms with E-state index in [1.165, 1.54) is 0 Å². The van der Waals surface area contributed by atoms with Gasteiger partial charge in [-0.1, -0.05) is 0 Å². The number of piperazine rings is 1. The maximum Gasteiger partial charge on any atom is 0.322 e. The van der Waals surface area contributed by atoms with Gasteiger partial charge < -0.3 is 20.0 Å². The van der Waals surface area contributed by atoms with Gasteiger partial charge in [0.1, 0.15) is 6.04 Å². The van der Waals surface area contributed by atoms with E-state index in [-0.39, 0.29) is 12.3 Å². The highest BCUT2D eigenvalue weighted by atomic mass is 16.2. The van der Waals surface area contributed by atoms with Gasteiger partial charge in [0.05, 0.1) is 12.1 Å². The molecule has 2 N–H and O–H groups in total. The Morgan fingerprint density at radius 3 is 2.67 bits per heavy atom. The molecule has 10 nitrogen and oxygen atoms in total. The van der Waals surface area contributed by atoms with Crippen molar-refractivity contribution in [3.8, 4) is 0 Å². The number of hydrogen-bond acceptors (Lipinski definition) is 7. The fourth-order valence-corrected chi connectivity index (χ4v) is 3.67. The van der Waals surface area contributed by atoms with Gasteiger partial charge in [0, 0.05) is 45.7 Å². The molecule has 0 aromatic carbocycles. The Hall–Kier alpha value is -2.75. The van der Waals surface area contributed by atoms with Gasteiger partial charge in [0.2, 0.25) is 11.8 Å². The van der Waals surface area contributed by atoms with Crippen molar-refractivity contribution < 1.29 is 14.4 Å². The Bertz CT molecular complexity index is 760. The van der Waals surface area contributed by atoms with Gasteiger partial charge in [-0.2, -0.15) is 5.10 Å². The molecule has 4 amide bonds. The lowest BCUT2D eigenvalue weighted by atomic mass is 10.0. The monoisotopic (exact) mass is 373 g/mol. The predicted octanol–water partition coefficient (Wildman–Crippen LogP) is -1.29. The summed E-state index contributed by atoms with van der Waals surface area (Å²) in [5.41, 5.74) is 1.88. The van der Waals surface area contributed by atoms with Crippen molar-refractivity contribution >= 4 is 23.7 Å². The number of likely N-dealkylation sites (N-methyl/N-ethyl adjacent to an activating group) is 1. The van der Waals surface area contributed by atoms with Crippen molar-refractivity contribution in [1.82, 2.24) is 30.6 Å². The Morgan fingerprint density at radius 1 is 1.15 bits per heavy atom. The molecule has 0 bridgehead atoms. The van der Waals surface area contributed by atoms with Crippen molar-refractivity contribution in [3.63, 3.8) is 0 Å². The summed E-state index contributed by atoms with van der Waals surface area (Å²) in [5.74, 6) is 0.168. The summed E-state index contributed by atoms with van der Waals surface area (Å²) in [7, 11) is 2.10. The Kier molecular flexibility index (Phi) is 4.65. The molecule has 27 heavy (non-hydrogen) atoms. The van der Waals surface area contributed by atoms with Gasteiger partial charge in [-0.25, -0.2) is 4.79 Å². The minimum absolute atomic E-state index is 0.0327. The summed E-state index contributed by atoms with van der Waals surface area (Å²) in [6.45, 7) is 4.67. The average molecular weight is 373 g/mol. The highest BCUT2D eigenvalue weighted by molar-refractivity contribution is 6.02. The number of carbonyl (C=O) groups is 3. The van der Waals surface area contributed by atoms with E-state index in [0.717, 1.165) is 43.3 Å². The van der Waals surface area contributed by atoms with E-state index in [4.69, 9.17) is 0 Å². The second-order valence-corrected chi connectivity index (χ2v) is 7.25. The number of urea groups is 1. The van der Waals surface area contributed by atoms with Gasteiger partial charge in [-0.3, -0.25) is 14.9 Å². The number of fused-ring (bicyclic) bond motifs is 1. The second kappa shape index (κ2) is 7.10. The second-order valence-electron chi connectivity index (χ2n) is 7.25. The molecular weight excluding hydrogens is 350 g/mol. The first kappa shape index (κ1) is 17.7. The predicted molar refractivity (Wildman–Crippen MR) is 95.9 cm³/mol. The van der Waals surface area contributed by atoms with Crippen molar-refractivity contribution in [2.75, 3.05) is 44.7 Å². The zero-order valence-corrected chi connectivity index (χ0v) is 15.3. The smallest absolute Gasteiger partial charge is 0.322 e. The number of aromatic nitrogens is 2. The van der Waals surface area contributed by atoms with Crippen LogP contribution in [0.5, 0.6) is 0 Å². The zero-order chi connectivity index (χ0) is 19.0. The van der Waals surface area contributed by atoms with Crippen LogP contribution in [0, 0.1) is 0 Å². The topological polar surface area (TPSA) is 111 Å². The quantitative estimate of drug-likeness (QED) is 0.664. The van der Waals surface area contributed by atoms with Crippen LogP contribution < -0.4 is 15.5 Å². The molecule has 1 atom stereocenters. The number of hydrogen-bond donors (Lipinski definition) is 2. The molecule has 0 saturated carbocycles. The number of nitrogens with one attached hydrogen (secondary N) is 2. The van der Waals surface area contributed by atoms with E-state index in [1.807, 2.05) is 6.07 Å². The van der Waals surface area contributed by atoms with Gasteiger partial charge in [0.15, 0.2) is 5.82 Å².